The first kappa shape index (κ1) is 14.7. The lowest BCUT2D eigenvalue weighted by Crippen LogP contribution is -2.39. The van der Waals surface area contributed by atoms with Gasteiger partial charge in [-0.3, -0.25) is 0 Å². The standard InChI is InChI=1S/C18H27NO2/c1-14(20)17-15(6-5-7-16(17)21-2)19-12-10-18(11-13-19)8-3-4-9-18/h5-7,14,20H,3-4,8-13H2,1-2H3/t14-/m0/s1. The quantitative estimate of drug-likeness (QED) is 0.915. The molecule has 1 aromatic carbocycles. The summed E-state index contributed by atoms with van der Waals surface area (Å²) in [7, 11) is 1.68. The highest BCUT2D eigenvalue weighted by Gasteiger charge is 2.37. The SMILES string of the molecule is COc1cccc(N2CCC3(CCCC3)CC2)c1[C@H](C)O. The van der Waals surface area contributed by atoms with Crippen molar-refractivity contribution in [3.63, 3.8) is 0 Å². The van der Waals surface area contributed by atoms with Crippen molar-refractivity contribution in [1.82, 2.24) is 0 Å². The van der Waals surface area contributed by atoms with Gasteiger partial charge in [-0.1, -0.05) is 18.9 Å². The van der Waals surface area contributed by atoms with E-state index in [0.717, 1.165) is 30.1 Å². The number of hydrogen-bond donors (Lipinski definition) is 1. The average Bonchev–Trinajstić information content (AvgIpc) is 2.95. The molecule has 2 aliphatic rings. The van der Waals surface area contributed by atoms with Crippen LogP contribution >= 0.6 is 0 Å². The van der Waals surface area contributed by atoms with Gasteiger partial charge in [0.1, 0.15) is 5.75 Å². The number of benzene rings is 1. The predicted molar refractivity (Wildman–Crippen MR) is 86.0 cm³/mol. The second-order valence-corrected chi connectivity index (χ2v) is 6.76. The molecule has 0 radical (unpaired) electrons. The van der Waals surface area contributed by atoms with E-state index in [1.807, 2.05) is 19.1 Å². The van der Waals surface area contributed by atoms with Crippen molar-refractivity contribution < 1.29 is 9.84 Å². The summed E-state index contributed by atoms with van der Waals surface area (Å²) in [6.45, 7) is 4.03. The molecular formula is C18H27NO2. The maximum atomic E-state index is 10.1. The number of nitrogens with zero attached hydrogens (tertiary/aromatic N) is 1. The number of ether oxygens (including phenoxy) is 1. The van der Waals surface area contributed by atoms with Gasteiger partial charge in [-0.25, -0.2) is 0 Å². The first-order valence-corrected chi connectivity index (χ1v) is 8.25. The molecule has 1 aromatic rings. The third kappa shape index (κ3) is 2.76. The molecule has 3 rings (SSSR count). The minimum atomic E-state index is -0.501. The second-order valence-electron chi connectivity index (χ2n) is 6.76. The average molecular weight is 289 g/mol. The molecule has 21 heavy (non-hydrogen) atoms. The van der Waals surface area contributed by atoms with Crippen molar-refractivity contribution in [2.24, 2.45) is 5.41 Å². The maximum Gasteiger partial charge on any atom is 0.126 e. The molecule has 1 aliphatic heterocycles. The fraction of sp³-hybridized carbons (Fsp3) is 0.667. The molecule has 1 spiro atoms. The zero-order chi connectivity index (χ0) is 14.9. The number of piperidine rings is 1. The Hall–Kier alpha value is -1.22. The molecule has 1 aliphatic carbocycles. The van der Waals surface area contributed by atoms with E-state index >= 15 is 0 Å². The largest absolute Gasteiger partial charge is 0.496 e. The monoisotopic (exact) mass is 289 g/mol. The minimum Gasteiger partial charge on any atom is -0.496 e. The molecule has 2 fully saturated rings. The Morgan fingerprint density at radius 1 is 1.14 bits per heavy atom. The van der Waals surface area contributed by atoms with Gasteiger partial charge < -0.3 is 14.7 Å². The van der Waals surface area contributed by atoms with Crippen LogP contribution in [0.4, 0.5) is 5.69 Å². The Kier molecular flexibility index (Phi) is 4.12. The van der Waals surface area contributed by atoms with Crippen LogP contribution in [0.15, 0.2) is 18.2 Å². The molecule has 3 nitrogen and oxygen atoms in total. The van der Waals surface area contributed by atoms with Crippen LogP contribution in [0.2, 0.25) is 0 Å². The number of hydrogen-bond acceptors (Lipinski definition) is 3. The number of rotatable bonds is 3. The van der Waals surface area contributed by atoms with Crippen molar-refractivity contribution in [1.29, 1.82) is 0 Å². The van der Waals surface area contributed by atoms with Crippen molar-refractivity contribution in [2.75, 3.05) is 25.1 Å². The predicted octanol–water partition coefficient (Wildman–Crippen LogP) is 3.91. The topological polar surface area (TPSA) is 32.7 Å². The number of aliphatic hydroxyl groups is 1. The van der Waals surface area contributed by atoms with E-state index in [1.54, 1.807) is 7.11 Å². The fourth-order valence-electron chi connectivity index (χ4n) is 4.25. The molecule has 1 heterocycles. The van der Waals surface area contributed by atoms with E-state index < -0.39 is 6.10 Å². The summed E-state index contributed by atoms with van der Waals surface area (Å²) >= 11 is 0. The van der Waals surface area contributed by atoms with Crippen molar-refractivity contribution >= 4 is 5.69 Å². The van der Waals surface area contributed by atoms with Crippen molar-refractivity contribution in [2.45, 2.75) is 51.6 Å². The lowest BCUT2D eigenvalue weighted by Gasteiger charge is -2.41. The second kappa shape index (κ2) is 5.88. The van der Waals surface area contributed by atoms with Gasteiger partial charge in [0.2, 0.25) is 0 Å². The van der Waals surface area contributed by atoms with Crippen LogP contribution in [0.3, 0.4) is 0 Å². The Morgan fingerprint density at radius 3 is 2.38 bits per heavy atom. The number of methoxy groups -OCH3 is 1. The van der Waals surface area contributed by atoms with Crippen molar-refractivity contribution in [3.8, 4) is 5.75 Å². The van der Waals surface area contributed by atoms with Gasteiger partial charge in [0, 0.05) is 24.3 Å². The van der Waals surface area contributed by atoms with Gasteiger partial charge in [-0.2, -0.15) is 0 Å². The summed E-state index contributed by atoms with van der Waals surface area (Å²) in [5.41, 5.74) is 2.71. The fourth-order valence-corrected chi connectivity index (χ4v) is 4.25. The molecule has 3 heteroatoms. The van der Waals surface area contributed by atoms with Gasteiger partial charge in [0.25, 0.3) is 0 Å². The van der Waals surface area contributed by atoms with E-state index in [-0.39, 0.29) is 0 Å². The molecular weight excluding hydrogens is 262 g/mol. The van der Waals surface area contributed by atoms with Gasteiger partial charge in [-0.15, -0.1) is 0 Å². The maximum absolute atomic E-state index is 10.1. The van der Waals surface area contributed by atoms with Crippen LogP contribution in [0, 0.1) is 5.41 Å². The highest BCUT2D eigenvalue weighted by atomic mass is 16.5. The third-order valence-corrected chi connectivity index (χ3v) is 5.51. The normalized spacial score (nSPS) is 22.5. The molecule has 0 bridgehead atoms. The summed E-state index contributed by atoms with van der Waals surface area (Å²) < 4.78 is 5.44. The van der Waals surface area contributed by atoms with Crippen LogP contribution in [-0.2, 0) is 0 Å². The highest BCUT2D eigenvalue weighted by molar-refractivity contribution is 5.60. The van der Waals surface area contributed by atoms with Gasteiger partial charge in [0.05, 0.1) is 13.2 Å². The lowest BCUT2D eigenvalue weighted by molar-refractivity contribution is 0.193. The summed E-state index contributed by atoms with van der Waals surface area (Å²) in [6, 6.07) is 6.09. The summed E-state index contributed by atoms with van der Waals surface area (Å²) in [5, 5.41) is 10.1. The molecule has 1 N–H and O–H groups in total. The Labute approximate surface area is 127 Å². The lowest BCUT2D eigenvalue weighted by atomic mass is 9.77. The molecule has 1 saturated carbocycles. The zero-order valence-corrected chi connectivity index (χ0v) is 13.3. The smallest absolute Gasteiger partial charge is 0.126 e. The van der Waals surface area contributed by atoms with E-state index in [0.29, 0.717) is 5.41 Å². The Balaban J connectivity index is 1.81. The van der Waals surface area contributed by atoms with E-state index in [9.17, 15) is 5.11 Å². The first-order valence-electron chi connectivity index (χ1n) is 8.25. The third-order valence-electron chi connectivity index (χ3n) is 5.51. The Bertz CT molecular complexity index is 482. The van der Waals surface area contributed by atoms with E-state index in [2.05, 4.69) is 11.0 Å². The molecule has 116 valence electrons. The molecule has 0 amide bonds. The molecule has 0 aromatic heterocycles. The Morgan fingerprint density at radius 2 is 1.81 bits per heavy atom. The van der Waals surface area contributed by atoms with Crippen LogP contribution in [0.25, 0.3) is 0 Å². The molecule has 0 unspecified atom stereocenters. The number of aliphatic hydroxyl groups excluding tert-OH is 1. The zero-order valence-electron chi connectivity index (χ0n) is 13.3. The van der Waals surface area contributed by atoms with Crippen LogP contribution in [0.5, 0.6) is 5.75 Å². The van der Waals surface area contributed by atoms with Crippen LogP contribution in [0.1, 0.15) is 57.1 Å². The van der Waals surface area contributed by atoms with Gasteiger partial charge >= 0.3 is 0 Å². The summed E-state index contributed by atoms with van der Waals surface area (Å²) in [6.07, 6.45) is 7.76. The summed E-state index contributed by atoms with van der Waals surface area (Å²) in [5.74, 6) is 0.795. The van der Waals surface area contributed by atoms with Gasteiger partial charge in [-0.05, 0) is 50.2 Å². The summed E-state index contributed by atoms with van der Waals surface area (Å²) in [4.78, 5) is 2.44. The number of anilines is 1. The molecule has 1 saturated heterocycles. The minimum absolute atomic E-state index is 0.501. The van der Waals surface area contributed by atoms with Crippen LogP contribution < -0.4 is 9.64 Å². The highest BCUT2D eigenvalue weighted by Crippen LogP contribution is 2.47. The van der Waals surface area contributed by atoms with Crippen LogP contribution in [-0.4, -0.2) is 25.3 Å². The first-order chi connectivity index (χ1) is 10.2. The van der Waals surface area contributed by atoms with Gasteiger partial charge in [0.15, 0.2) is 0 Å². The molecule has 1 atom stereocenters. The van der Waals surface area contributed by atoms with E-state index in [4.69, 9.17) is 4.74 Å². The van der Waals surface area contributed by atoms with E-state index in [1.165, 1.54) is 38.5 Å². The van der Waals surface area contributed by atoms with Crippen molar-refractivity contribution in [3.05, 3.63) is 23.8 Å².